The van der Waals surface area contributed by atoms with Crippen molar-refractivity contribution in [1.29, 1.82) is 0 Å². The molecule has 170 valence electrons. The Balaban J connectivity index is 2.27. The predicted molar refractivity (Wildman–Crippen MR) is 89.2 cm³/mol. The highest BCUT2D eigenvalue weighted by molar-refractivity contribution is 7.80. The van der Waals surface area contributed by atoms with Gasteiger partial charge < -0.3 is 45.1 Å². The molecule has 29 heavy (non-hydrogen) atoms. The van der Waals surface area contributed by atoms with Crippen LogP contribution in [-0.2, 0) is 33.6 Å². The molecule has 7 N–H and O–H groups in total. The molecule has 10 atom stereocenters. The molecule has 0 radical (unpaired) electrons. The SMILES string of the molecule is CC(=O)N[C@@H]1[C@@H](O[C@@H]2O[C@H](C)[C@H](O)[C@H](OS(=O)(=O)O)[C@H]2O)[C@@H](O)[C@@H](CO)O[C@@H]1O. The average Bonchev–Trinajstić information content (AvgIpc) is 2.60. The van der Waals surface area contributed by atoms with Gasteiger partial charge in [-0.25, -0.2) is 4.18 Å². The molecule has 0 unspecified atom stereocenters. The number of ether oxygens (including phenoxy) is 3. The number of rotatable bonds is 6. The van der Waals surface area contributed by atoms with Crippen molar-refractivity contribution in [3.63, 3.8) is 0 Å². The first-order valence-electron chi connectivity index (χ1n) is 8.58. The number of carbonyl (C=O) groups is 1. The number of aliphatic hydroxyl groups excluding tert-OH is 5. The standard InChI is InChI=1S/C14H25NO13S/c1-4-8(18)12(28-29(22,23)24)10(20)14(25-4)27-11-7(15-5(2)17)13(21)26-6(3-16)9(11)19/h4,6-14,16,18-21H,3H2,1-2H3,(H,15,17)(H,22,23,24)/t4-,6-,7-,8+,9+,10-,11-,12+,13+,14+/m1/s1. The molecule has 2 heterocycles. The van der Waals surface area contributed by atoms with E-state index in [1.807, 2.05) is 0 Å². The van der Waals surface area contributed by atoms with Crippen molar-refractivity contribution in [2.75, 3.05) is 6.61 Å². The Morgan fingerprint density at radius 1 is 1.07 bits per heavy atom. The lowest BCUT2D eigenvalue weighted by molar-refractivity contribution is -0.335. The van der Waals surface area contributed by atoms with E-state index >= 15 is 0 Å². The van der Waals surface area contributed by atoms with Crippen LogP contribution >= 0.6 is 0 Å². The molecule has 2 saturated heterocycles. The summed E-state index contributed by atoms with van der Waals surface area (Å²) in [6.45, 7) is 1.70. The number of hydrogen-bond acceptors (Lipinski definition) is 12. The molecule has 0 spiro atoms. The van der Waals surface area contributed by atoms with E-state index in [4.69, 9.17) is 18.8 Å². The highest BCUT2D eigenvalue weighted by atomic mass is 32.3. The van der Waals surface area contributed by atoms with E-state index in [0.29, 0.717) is 0 Å². The Labute approximate surface area is 165 Å². The maximum atomic E-state index is 11.4. The highest BCUT2D eigenvalue weighted by Crippen LogP contribution is 2.30. The number of carbonyl (C=O) groups excluding carboxylic acids is 1. The molecule has 2 rings (SSSR count). The van der Waals surface area contributed by atoms with Crippen LogP contribution in [0, 0.1) is 0 Å². The smallest absolute Gasteiger partial charge is 0.394 e. The molecule has 2 aliphatic rings. The molecule has 0 aromatic rings. The van der Waals surface area contributed by atoms with Gasteiger partial charge in [-0.05, 0) is 6.92 Å². The van der Waals surface area contributed by atoms with Gasteiger partial charge >= 0.3 is 10.4 Å². The molecule has 2 fully saturated rings. The van der Waals surface area contributed by atoms with Gasteiger partial charge in [0.05, 0.1) is 12.7 Å². The van der Waals surface area contributed by atoms with Gasteiger partial charge in [0.25, 0.3) is 0 Å². The minimum Gasteiger partial charge on any atom is -0.394 e. The number of aliphatic hydroxyl groups is 5. The molecule has 2 aliphatic heterocycles. The molecular weight excluding hydrogens is 422 g/mol. The van der Waals surface area contributed by atoms with Gasteiger partial charge in [-0.15, -0.1) is 0 Å². The minimum absolute atomic E-state index is 0.623. The Bertz CT molecular complexity index is 674. The molecule has 1 amide bonds. The second-order valence-corrected chi connectivity index (χ2v) is 7.79. The van der Waals surface area contributed by atoms with E-state index in [1.54, 1.807) is 0 Å². The van der Waals surface area contributed by atoms with E-state index in [-0.39, 0.29) is 0 Å². The summed E-state index contributed by atoms with van der Waals surface area (Å²) in [7, 11) is -5.06. The molecule has 0 saturated carbocycles. The summed E-state index contributed by atoms with van der Waals surface area (Å²) in [5, 5.41) is 52.4. The largest absolute Gasteiger partial charge is 0.397 e. The Kier molecular flexibility index (Phi) is 7.91. The van der Waals surface area contributed by atoms with Gasteiger partial charge in [0.2, 0.25) is 5.91 Å². The molecule has 15 heteroatoms. The van der Waals surface area contributed by atoms with Crippen molar-refractivity contribution in [3.8, 4) is 0 Å². The number of nitrogens with one attached hydrogen (secondary N) is 1. The summed E-state index contributed by atoms with van der Waals surface area (Å²) in [5.74, 6) is -0.623. The summed E-state index contributed by atoms with van der Waals surface area (Å²) >= 11 is 0. The van der Waals surface area contributed by atoms with Crippen LogP contribution in [0.3, 0.4) is 0 Å². The lowest BCUT2D eigenvalue weighted by Crippen LogP contribution is -2.67. The maximum Gasteiger partial charge on any atom is 0.397 e. The first kappa shape index (κ1) is 24.3. The van der Waals surface area contributed by atoms with Crippen LogP contribution in [0.2, 0.25) is 0 Å². The monoisotopic (exact) mass is 447 g/mol. The fourth-order valence-corrected chi connectivity index (χ4v) is 3.66. The van der Waals surface area contributed by atoms with E-state index in [2.05, 4.69) is 9.50 Å². The fraction of sp³-hybridized carbons (Fsp3) is 0.929. The lowest BCUT2D eigenvalue weighted by Gasteiger charge is -2.46. The molecule has 0 aromatic carbocycles. The lowest BCUT2D eigenvalue weighted by atomic mass is 9.95. The van der Waals surface area contributed by atoms with Crippen LogP contribution in [-0.4, -0.2) is 112 Å². The molecular formula is C14H25NO13S. The van der Waals surface area contributed by atoms with Crippen molar-refractivity contribution >= 4 is 16.3 Å². The Morgan fingerprint density at radius 3 is 2.21 bits per heavy atom. The van der Waals surface area contributed by atoms with E-state index < -0.39 is 84.3 Å². The second kappa shape index (κ2) is 9.44. The first-order valence-corrected chi connectivity index (χ1v) is 9.94. The molecule has 0 bridgehead atoms. The van der Waals surface area contributed by atoms with Crippen LogP contribution in [0.5, 0.6) is 0 Å². The minimum atomic E-state index is -5.06. The zero-order valence-electron chi connectivity index (χ0n) is 15.4. The highest BCUT2D eigenvalue weighted by Gasteiger charge is 2.51. The third kappa shape index (κ3) is 5.80. The van der Waals surface area contributed by atoms with Gasteiger partial charge in [-0.2, -0.15) is 8.42 Å². The van der Waals surface area contributed by atoms with Gasteiger partial charge in [0, 0.05) is 6.92 Å². The van der Waals surface area contributed by atoms with Gasteiger partial charge in [-0.3, -0.25) is 9.35 Å². The Hall–Kier alpha value is -0.980. The zero-order chi connectivity index (χ0) is 22.1. The summed E-state index contributed by atoms with van der Waals surface area (Å²) in [6.07, 6.45) is -14.5. The maximum absolute atomic E-state index is 11.4. The Morgan fingerprint density at radius 2 is 1.69 bits per heavy atom. The number of amides is 1. The van der Waals surface area contributed by atoms with Gasteiger partial charge in [-0.1, -0.05) is 0 Å². The third-order valence-corrected chi connectivity index (χ3v) is 5.01. The van der Waals surface area contributed by atoms with Crippen LogP contribution in [0.4, 0.5) is 0 Å². The predicted octanol–water partition coefficient (Wildman–Crippen LogP) is -4.40. The van der Waals surface area contributed by atoms with Crippen molar-refractivity contribution < 1.29 is 61.7 Å². The van der Waals surface area contributed by atoms with Gasteiger partial charge in [0.15, 0.2) is 12.6 Å². The van der Waals surface area contributed by atoms with Crippen molar-refractivity contribution in [3.05, 3.63) is 0 Å². The second-order valence-electron chi connectivity index (χ2n) is 6.74. The molecule has 14 nitrogen and oxygen atoms in total. The third-order valence-electron chi connectivity index (χ3n) is 4.55. The fourth-order valence-electron chi connectivity index (χ4n) is 3.15. The normalized spacial score (nSPS) is 43.7. The van der Waals surface area contributed by atoms with Crippen LogP contribution in [0.25, 0.3) is 0 Å². The van der Waals surface area contributed by atoms with Crippen molar-refractivity contribution in [2.45, 2.75) is 75.2 Å². The molecule has 0 aliphatic carbocycles. The van der Waals surface area contributed by atoms with Crippen molar-refractivity contribution in [2.24, 2.45) is 0 Å². The van der Waals surface area contributed by atoms with Crippen LogP contribution in [0.15, 0.2) is 0 Å². The topological polar surface area (TPSA) is 222 Å². The van der Waals surface area contributed by atoms with E-state index in [0.717, 1.165) is 6.92 Å². The summed E-state index contributed by atoms with van der Waals surface area (Å²) in [4.78, 5) is 11.4. The quantitative estimate of drug-likeness (QED) is 0.191. The van der Waals surface area contributed by atoms with Crippen LogP contribution in [0.1, 0.15) is 13.8 Å². The summed E-state index contributed by atoms with van der Waals surface area (Å²) < 4.78 is 50.9. The first-order chi connectivity index (χ1) is 13.4. The van der Waals surface area contributed by atoms with Gasteiger partial charge in [0.1, 0.15) is 42.7 Å². The number of hydrogen-bond donors (Lipinski definition) is 7. The van der Waals surface area contributed by atoms with E-state index in [9.17, 15) is 38.7 Å². The van der Waals surface area contributed by atoms with Crippen LogP contribution < -0.4 is 5.32 Å². The average molecular weight is 447 g/mol. The van der Waals surface area contributed by atoms with Crippen molar-refractivity contribution in [1.82, 2.24) is 5.32 Å². The molecule has 0 aromatic heterocycles. The summed E-state index contributed by atoms with van der Waals surface area (Å²) in [6, 6.07) is -1.36. The zero-order valence-corrected chi connectivity index (χ0v) is 16.2. The summed E-state index contributed by atoms with van der Waals surface area (Å²) in [5.41, 5.74) is 0. The van der Waals surface area contributed by atoms with E-state index in [1.165, 1.54) is 6.92 Å².